The fourth-order valence-electron chi connectivity index (χ4n) is 2.61. The summed E-state index contributed by atoms with van der Waals surface area (Å²) in [5, 5.41) is 6.16. The van der Waals surface area contributed by atoms with Crippen LogP contribution in [0.15, 0.2) is 60.9 Å². The van der Waals surface area contributed by atoms with Gasteiger partial charge < -0.3 is 10.6 Å². The Hall–Kier alpha value is -3.21. The zero-order chi connectivity index (χ0) is 18.4. The summed E-state index contributed by atoms with van der Waals surface area (Å²) >= 11 is 0. The van der Waals surface area contributed by atoms with E-state index in [4.69, 9.17) is 0 Å². The molecule has 5 nitrogen and oxygen atoms in total. The van der Waals surface area contributed by atoms with Crippen LogP contribution in [0.25, 0.3) is 0 Å². The maximum absolute atomic E-state index is 12.3. The number of carbonyl (C=O) groups excluding carboxylic acids is 1. The van der Waals surface area contributed by atoms with Gasteiger partial charge in [0.2, 0.25) is 0 Å². The number of nitrogens with zero attached hydrogens (tertiary/aromatic N) is 2. The smallest absolute Gasteiger partial charge is 0.270 e. The van der Waals surface area contributed by atoms with Gasteiger partial charge in [-0.3, -0.25) is 4.79 Å². The number of aromatic nitrogens is 2. The Labute approximate surface area is 153 Å². The average molecular weight is 346 g/mol. The predicted octanol–water partition coefficient (Wildman–Crippen LogP) is 3.81. The number of aryl methyl sites for hydroxylation is 2. The molecule has 0 aliphatic heterocycles. The van der Waals surface area contributed by atoms with Crippen LogP contribution in [0.1, 0.15) is 27.2 Å². The SMILES string of the molecule is Cc1ccc(C)c(Nc2cc(C(=O)NCCc3ccccc3)ncn2)c1. The molecule has 0 saturated heterocycles. The van der Waals surface area contributed by atoms with E-state index in [1.165, 1.54) is 11.9 Å². The highest BCUT2D eigenvalue weighted by Gasteiger charge is 2.09. The van der Waals surface area contributed by atoms with Crippen molar-refractivity contribution in [1.82, 2.24) is 15.3 Å². The fourth-order valence-corrected chi connectivity index (χ4v) is 2.61. The number of amides is 1. The lowest BCUT2D eigenvalue weighted by molar-refractivity contribution is 0.0949. The molecule has 3 aromatic rings. The van der Waals surface area contributed by atoms with Gasteiger partial charge in [-0.05, 0) is 43.0 Å². The summed E-state index contributed by atoms with van der Waals surface area (Å²) in [5.41, 5.74) is 4.78. The lowest BCUT2D eigenvalue weighted by Crippen LogP contribution is -2.26. The van der Waals surface area contributed by atoms with Gasteiger partial charge in [0.15, 0.2) is 0 Å². The lowest BCUT2D eigenvalue weighted by atomic mass is 10.1. The van der Waals surface area contributed by atoms with Gasteiger partial charge in [-0.25, -0.2) is 9.97 Å². The molecule has 0 radical (unpaired) electrons. The van der Waals surface area contributed by atoms with Gasteiger partial charge in [0, 0.05) is 18.3 Å². The molecule has 2 aromatic carbocycles. The highest BCUT2D eigenvalue weighted by molar-refractivity contribution is 5.93. The molecule has 0 spiro atoms. The molecule has 0 aliphatic rings. The van der Waals surface area contributed by atoms with Crippen molar-refractivity contribution < 1.29 is 4.79 Å². The topological polar surface area (TPSA) is 66.9 Å². The van der Waals surface area contributed by atoms with E-state index in [-0.39, 0.29) is 5.91 Å². The van der Waals surface area contributed by atoms with Crippen LogP contribution < -0.4 is 10.6 Å². The van der Waals surface area contributed by atoms with E-state index in [0.717, 1.165) is 23.2 Å². The van der Waals surface area contributed by atoms with Gasteiger partial charge in [0.25, 0.3) is 5.91 Å². The summed E-state index contributed by atoms with van der Waals surface area (Å²) in [5.74, 6) is 0.397. The first-order valence-electron chi connectivity index (χ1n) is 8.60. The first-order chi connectivity index (χ1) is 12.6. The van der Waals surface area contributed by atoms with E-state index in [9.17, 15) is 4.79 Å². The summed E-state index contributed by atoms with van der Waals surface area (Å²) in [6.45, 7) is 4.63. The monoisotopic (exact) mass is 346 g/mol. The van der Waals surface area contributed by atoms with Crippen LogP contribution in [-0.4, -0.2) is 22.4 Å². The molecule has 3 rings (SSSR count). The minimum absolute atomic E-state index is 0.202. The Morgan fingerprint density at radius 3 is 2.62 bits per heavy atom. The van der Waals surface area contributed by atoms with Crippen LogP contribution in [0.4, 0.5) is 11.5 Å². The van der Waals surface area contributed by atoms with Crippen molar-refractivity contribution in [2.24, 2.45) is 0 Å². The van der Waals surface area contributed by atoms with Gasteiger partial charge in [-0.2, -0.15) is 0 Å². The molecule has 0 saturated carbocycles. The fraction of sp³-hybridized carbons (Fsp3) is 0.190. The van der Waals surface area contributed by atoms with E-state index in [0.29, 0.717) is 18.1 Å². The third-order valence-electron chi connectivity index (χ3n) is 4.10. The Balaban J connectivity index is 1.63. The molecule has 1 amide bonds. The number of nitrogens with one attached hydrogen (secondary N) is 2. The summed E-state index contributed by atoms with van der Waals surface area (Å²) in [6.07, 6.45) is 2.19. The van der Waals surface area contributed by atoms with Gasteiger partial charge >= 0.3 is 0 Å². The largest absolute Gasteiger partial charge is 0.350 e. The second-order valence-electron chi connectivity index (χ2n) is 6.22. The van der Waals surface area contributed by atoms with Gasteiger partial charge in [-0.15, -0.1) is 0 Å². The molecule has 1 aromatic heterocycles. The molecular formula is C21H22N4O. The van der Waals surface area contributed by atoms with E-state index >= 15 is 0 Å². The molecule has 0 fully saturated rings. The van der Waals surface area contributed by atoms with Crippen LogP contribution in [0.3, 0.4) is 0 Å². The highest BCUT2D eigenvalue weighted by atomic mass is 16.1. The molecule has 2 N–H and O–H groups in total. The second kappa shape index (κ2) is 8.25. The molecule has 26 heavy (non-hydrogen) atoms. The number of hydrogen-bond acceptors (Lipinski definition) is 4. The minimum Gasteiger partial charge on any atom is -0.350 e. The number of anilines is 2. The Bertz CT molecular complexity index is 894. The molecule has 0 atom stereocenters. The van der Waals surface area contributed by atoms with Crippen molar-refractivity contribution in [3.05, 3.63) is 83.3 Å². The summed E-state index contributed by atoms with van der Waals surface area (Å²) in [4.78, 5) is 20.6. The number of rotatable bonds is 6. The molecule has 0 unspecified atom stereocenters. The average Bonchev–Trinajstić information content (AvgIpc) is 2.66. The highest BCUT2D eigenvalue weighted by Crippen LogP contribution is 2.20. The van der Waals surface area contributed by atoms with Crippen molar-refractivity contribution in [1.29, 1.82) is 0 Å². The van der Waals surface area contributed by atoms with E-state index in [2.05, 4.69) is 38.8 Å². The number of carbonyl (C=O) groups is 1. The first kappa shape index (κ1) is 17.6. The van der Waals surface area contributed by atoms with Crippen LogP contribution in [0.5, 0.6) is 0 Å². The normalized spacial score (nSPS) is 10.4. The van der Waals surface area contributed by atoms with Gasteiger partial charge in [0.1, 0.15) is 17.8 Å². The van der Waals surface area contributed by atoms with Crippen molar-refractivity contribution in [2.45, 2.75) is 20.3 Å². The van der Waals surface area contributed by atoms with E-state index < -0.39 is 0 Å². The zero-order valence-electron chi connectivity index (χ0n) is 15.0. The van der Waals surface area contributed by atoms with E-state index in [1.54, 1.807) is 6.07 Å². The zero-order valence-corrected chi connectivity index (χ0v) is 15.0. The quantitative estimate of drug-likeness (QED) is 0.712. The van der Waals surface area contributed by atoms with Crippen LogP contribution in [-0.2, 0) is 6.42 Å². The lowest BCUT2D eigenvalue weighted by Gasteiger charge is -2.10. The molecule has 132 valence electrons. The molecule has 1 heterocycles. The van der Waals surface area contributed by atoms with Gasteiger partial charge in [-0.1, -0.05) is 42.5 Å². The molecule has 5 heteroatoms. The third-order valence-corrected chi connectivity index (χ3v) is 4.10. The number of benzene rings is 2. The van der Waals surface area contributed by atoms with Crippen LogP contribution in [0.2, 0.25) is 0 Å². The Morgan fingerprint density at radius 2 is 1.81 bits per heavy atom. The van der Waals surface area contributed by atoms with Crippen LogP contribution in [0, 0.1) is 13.8 Å². The van der Waals surface area contributed by atoms with E-state index in [1.807, 2.05) is 44.2 Å². The summed E-state index contributed by atoms with van der Waals surface area (Å²) < 4.78 is 0. The summed E-state index contributed by atoms with van der Waals surface area (Å²) in [7, 11) is 0. The molecular weight excluding hydrogens is 324 g/mol. The Kier molecular flexibility index (Phi) is 5.59. The predicted molar refractivity (Wildman–Crippen MR) is 104 cm³/mol. The first-order valence-corrected chi connectivity index (χ1v) is 8.60. The standard InChI is InChI=1S/C21H22N4O/c1-15-8-9-16(2)18(12-15)25-20-13-19(23-14-24-20)21(26)22-11-10-17-6-4-3-5-7-17/h3-9,12-14H,10-11H2,1-2H3,(H,22,26)(H,23,24,25). The van der Waals surface area contributed by atoms with Crippen molar-refractivity contribution >= 4 is 17.4 Å². The van der Waals surface area contributed by atoms with Crippen molar-refractivity contribution in [3.8, 4) is 0 Å². The third kappa shape index (κ3) is 4.66. The number of hydrogen-bond donors (Lipinski definition) is 2. The van der Waals surface area contributed by atoms with Crippen LogP contribution >= 0.6 is 0 Å². The van der Waals surface area contributed by atoms with Crippen molar-refractivity contribution in [2.75, 3.05) is 11.9 Å². The second-order valence-corrected chi connectivity index (χ2v) is 6.22. The molecule has 0 bridgehead atoms. The Morgan fingerprint density at radius 1 is 1.00 bits per heavy atom. The van der Waals surface area contributed by atoms with Gasteiger partial charge in [0.05, 0.1) is 0 Å². The maximum Gasteiger partial charge on any atom is 0.270 e. The molecule has 0 aliphatic carbocycles. The van der Waals surface area contributed by atoms with Crippen molar-refractivity contribution in [3.63, 3.8) is 0 Å². The maximum atomic E-state index is 12.3. The summed E-state index contributed by atoms with van der Waals surface area (Å²) in [6, 6.07) is 17.9. The minimum atomic E-state index is -0.202.